The van der Waals surface area contributed by atoms with Crippen LogP contribution in [0.3, 0.4) is 0 Å². The molecular weight excluding hydrogens is 164 g/mol. The largest absolute Gasteiger partial charge is 0.294 e. The third-order valence-corrected chi connectivity index (χ3v) is 2.36. The molecule has 0 saturated carbocycles. The van der Waals surface area contributed by atoms with Crippen LogP contribution < -0.4 is 10.6 Å². The molecule has 0 amide bonds. The molecule has 2 aliphatic rings. The molecule has 0 N–H and O–H groups in total. The zero-order valence-electron chi connectivity index (χ0n) is 6.82. The lowest BCUT2D eigenvalue weighted by atomic mass is 10.1. The van der Waals surface area contributed by atoms with Crippen LogP contribution in [0.1, 0.15) is 11.1 Å². The van der Waals surface area contributed by atoms with Gasteiger partial charge in [-0.25, -0.2) is 0 Å². The Labute approximate surface area is 74.1 Å². The fourth-order valence-electron chi connectivity index (χ4n) is 1.75. The van der Waals surface area contributed by atoms with E-state index in [2.05, 4.69) is 10.2 Å². The maximum atomic E-state index is 11.2. The Morgan fingerprint density at radius 3 is 3.15 bits per heavy atom. The molecule has 0 atom stereocenters. The first-order valence-electron chi connectivity index (χ1n) is 4.12. The van der Waals surface area contributed by atoms with E-state index in [1.54, 1.807) is 12.3 Å². The van der Waals surface area contributed by atoms with E-state index in [4.69, 9.17) is 0 Å². The summed E-state index contributed by atoms with van der Waals surface area (Å²) in [6.07, 6.45) is 3.89. The summed E-state index contributed by atoms with van der Waals surface area (Å²) in [4.78, 5) is 11.2. The molecule has 13 heavy (non-hydrogen) atoms. The highest BCUT2D eigenvalue weighted by atomic mass is 16.1. The zero-order chi connectivity index (χ0) is 8.84. The van der Waals surface area contributed by atoms with Gasteiger partial charge in [-0.05, 0) is 11.6 Å². The van der Waals surface area contributed by atoms with Crippen LogP contribution in [0.2, 0.25) is 0 Å². The van der Waals surface area contributed by atoms with Gasteiger partial charge in [0, 0.05) is 17.2 Å². The highest BCUT2D eigenvalue weighted by molar-refractivity contribution is 6.09. The Kier molecular flexibility index (Phi) is 1.10. The van der Waals surface area contributed by atoms with E-state index in [1.807, 2.05) is 12.1 Å². The number of rotatable bonds is 0. The molecule has 1 aromatic rings. The van der Waals surface area contributed by atoms with E-state index in [0.29, 0.717) is 6.42 Å². The molecule has 0 spiro atoms. The van der Waals surface area contributed by atoms with Gasteiger partial charge in [0.25, 0.3) is 0 Å². The van der Waals surface area contributed by atoms with Gasteiger partial charge in [-0.15, -0.1) is 5.10 Å². The molecule has 0 radical (unpaired) electrons. The molecule has 1 aromatic carbocycles. The number of carbonyl (C=O) groups excluding carboxylic acids is 1. The van der Waals surface area contributed by atoms with E-state index in [0.717, 1.165) is 21.7 Å². The maximum Gasteiger partial charge on any atom is 0.160 e. The van der Waals surface area contributed by atoms with E-state index < -0.39 is 0 Å². The predicted octanol–water partition coefficient (Wildman–Crippen LogP) is -0.441. The van der Waals surface area contributed by atoms with Gasteiger partial charge in [-0.2, -0.15) is 5.10 Å². The number of carbonyl (C=O) groups is 1. The average Bonchev–Trinajstić information content (AvgIpc) is 2.65. The van der Waals surface area contributed by atoms with Gasteiger partial charge in [-0.3, -0.25) is 4.79 Å². The standard InChI is InChI=1S/C10H6N2O/c13-8-3-6-1-2-7-5-11-12-10(7)9(6)4-8/h1-2,4-5H,3H2. The highest BCUT2D eigenvalue weighted by Crippen LogP contribution is 2.02. The fraction of sp³-hybridized carbons (Fsp3) is 0.100. The second-order valence-corrected chi connectivity index (χ2v) is 3.21. The van der Waals surface area contributed by atoms with Crippen molar-refractivity contribution in [3.63, 3.8) is 0 Å². The van der Waals surface area contributed by atoms with Crippen molar-refractivity contribution >= 4 is 18.1 Å². The smallest absolute Gasteiger partial charge is 0.160 e. The molecule has 3 rings (SSSR count). The van der Waals surface area contributed by atoms with Crippen molar-refractivity contribution < 1.29 is 4.79 Å². The lowest BCUT2D eigenvalue weighted by molar-refractivity contribution is -0.112. The Morgan fingerprint density at radius 1 is 1.31 bits per heavy atom. The Balaban J connectivity index is 2.51. The summed E-state index contributed by atoms with van der Waals surface area (Å²) in [5, 5.41) is 9.62. The number of Topliss-reactive ketones (excluding diaryl/α,β-unsaturated/α-hetero) is 1. The van der Waals surface area contributed by atoms with Crippen molar-refractivity contribution in [3.05, 3.63) is 33.8 Å². The van der Waals surface area contributed by atoms with Gasteiger partial charge in [0.05, 0.1) is 6.21 Å². The van der Waals surface area contributed by atoms with Crippen molar-refractivity contribution in [1.29, 1.82) is 0 Å². The molecule has 62 valence electrons. The predicted molar refractivity (Wildman–Crippen MR) is 48.0 cm³/mol. The van der Waals surface area contributed by atoms with Crippen molar-refractivity contribution in [2.45, 2.75) is 6.42 Å². The lowest BCUT2D eigenvalue weighted by Gasteiger charge is -1.92. The summed E-state index contributed by atoms with van der Waals surface area (Å²) in [6.45, 7) is 0. The van der Waals surface area contributed by atoms with E-state index in [1.165, 1.54) is 0 Å². The molecule has 0 unspecified atom stereocenters. The van der Waals surface area contributed by atoms with Crippen LogP contribution in [0.15, 0.2) is 22.3 Å². The molecule has 1 heterocycles. The lowest BCUT2D eigenvalue weighted by Crippen LogP contribution is -2.28. The van der Waals surface area contributed by atoms with Gasteiger partial charge >= 0.3 is 0 Å². The molecule has 0 fully saturated rings. The molecule has 3 heteroatoms. The summed E-state index contributed by atoms with van der Waals surface area (Å²) in [5.41, 5.74) is 2.07. The summed E-state index contributed by atoms with van der Waals surface area (Å²) in [6, 6.07) is 3.93. The Hall–Kier alpha value is -1.77. The number of hydrogen-bond donors (Lipinski definition) is 0. The monoisotopic (exact) mass is 170 g/mol. The molecule has 1 aliphatic carbocycles. The van der Waals surface area contributed by atoms with Crippen LogP contribution in [0, 0.1) is 0 Å². The van der Waals surface area contributed by atoms with Gasteiger partial charge in [0.15, 0.2) is 5.78 Å². The fourth-order valence-corrected chi connectivity index (χ4v) is 1.75. The van der Waals surface area contributed by atoms with E-state index in [9.17, 15) is 4.79 Å². The number of ketones is 1. The van der Waals surface area contributed by atoms with Crippen LogP contribution in [0.4, 0.5) is 0 Å². The second-order valence-electron chi connectivity index (χ2n) is 3.21. The first kappa shape index (κ1) is 6.71. The minimum Gasteiger partial charge on any atom is -0.294 e. The molecule has 3 nitrogen and oxygen atoms in total. The highest BCUT2D eigenvalue weighted by Gasteiger charge is 2.14. The topological polar surface area (TPSA) is 41.8 Å². The first-order valence-corrected chi connectivity index (χ1v) is 4.12. The van der Waals surface area contributed by atoms with Crippen LogP contribution in [0.25, 0.3) is 6.08 Å². The second kappa shape index (κ2) is 2.13. The first-order chi connectivity index (χ1) is 6.34. The van der Waals surface area contributed by atoms with Gasteiger partial charge in [0.2, 0.25) is 0 Å². The number of hydrogen-bond acceptors (Lipinski definition) is 3. The van der Waals surface area contributed by atoms with Crippen molar-refractivity contribution in [2.24, 2.45) is 10.2 Å². The van der Waals surface area contributed by atoms with Crippen molar-refractivity contribution in [2.75, 3.05) is 0 Å². The maximum absolute atomic E-state index is 11.2. The molecular formula is C10H6N2O. The Morgan fingerprint density at radius 2 is 2.23 bits per heavy atom. The quantitative estimate of drug-likeness (QED) is 0.520. The van der Waals surface area contributed by atoms with Crippen molar-refractivity contribution in [3.8, 4) is 0 Å². The molecule has 0 saturated heterocycles. The molecule has 1 aliphatic heterocycles. The average molecular weight is 170 g/mol. The van der Waals surface area contributed by atoms with Crippen LogP contribution in [0.5, 0.6) is 0 Å². The van der Waals surface area contributed by atoms with Crippen LogP contribution in [-0.4, -0.2) is 12.0 Å². The van der Waals surface area contributed by atoms with Gasteiger partial charge in [0.1, 0.15) is 5.36 Å². The van der Waals surface area contributed by atoms with Crippen molar-refractivity contribution in [1.82, 2.24) is 0 Å². The Bertz CT molecular complexity index is 555. The summed E-state index contributed by atoms with van der Waals surface area (Å²) in [7, 11) is 0. The van der Waals surface area contributed by atoms with Gasteiger partial charge < -0.3 is 0 Å². The van der Waals surface area contributed by atoms with E-state index >= 15 is 0 Å². The number of fused-ring (bicyclic) bond motifs is 3. The summed E-state index contributed by atoms with van der Waals surface area (Å²) < 4.78 is 0. The molecule has 0 bridgehead atoms. The zero-order valence-corrected chi connectivity index (χ0v) is 6.82. The summed E-state index contributed by atoms with van der Waals surface area (Å²) in [5.74, 6) is 0.158. The number of benzene rings is 1. The minimum atomic E-state index is 0.158. The van der Waals surface area contributed by atoms with E-state index in [-0.39, 0.29) is 5.78 Å². The minimum absolute atomic E-state index is 0.158. The third kappa shape index (κ3) is 0.811. The number of nitrogens with zero attached hydrogens (tertiary/aromatic N) is 2. The molecule has 0 aromatic heterocycles. The normalized spacial score (nSPS) is 16.5. The van der Waals surface area contributed by atoms with Gasteiger partial charge in [-0.1, -0.05) is 12.1 Å². The van der Waals surface area contributed by atoms with Crippen LogP contribution >= 0.6 is 0 Å². The third-order valence-electron chi connectivity index (χ3n) is 2.36. The SMILES string of the molecule is O=C1C=c2c(ccc3c2=NN=C3)C1. The summed E-state index contributed by atoms with van der Waals surface area (Å²) >= 11 is 0. The van der Waals surface area contributed by atoms with Crippen LogP contribution in [-0.2, 0) is 11.2 Å².